The Kier molecular flexibility index (Phi) is 4.20. The van der Waals surface area contributed by atoms with E-state index in [1.54, 1.807) is 57.7 Å². The van der Waals surface area contributed by atoms with Crippen molar-refractivity contribution >= 4 is 5.69 Å². The summed E-state index contributed by atoms with van der Waals surface area (Å²) in [7, 11) is 4.75. The number of hydrogen-bond acceptors (Lipinski definition) is 5. The molecule has 5 heteroatoms. The highest BCUT2D eigenvalue weighted by Gasteiger charge is 2.07. The number of hydrogen-bond donors (Lipinski definition) is 1. The van der Waals surface area contributed by atoms with E-state index >= 15 is 0 Å². The first-order valence-corrected chi connectivity index (χ1v) is 6.00. The Morgan fingerprint density at radius 1 is 0.700 bits per heavy atom. The van der Waals surface area contributed by atoms with Gasteiger partial charge in [0.25, 0.3) is 0 Å². The first-order valence-electron chi connectivity index (χ1n) is 6.00. The van der Waals surface area contributed by atoms with Crippen molar-refractivity contribution in [3.8, 4) is 28.7 Å². The van der Waals surface area contributed by atoms with Crippen LogP contribution in [0.4, 0.5) is 5.69 Å². The van der Waals surface area contributed by atoms with Gasteiger partial charge in [0, 0.05) is 24.3 Å². The van der Waals surface area contributed by atoms with Gasteiger partial charge in [-0.25, -0.2) is 0 Å². The Bertz CT molecular complexity index is 576. The van der Waals surface area contributed by atoms with E-state index < -0.39 is 0 Å². The van der Waals surface area contributed by atoms with Crippen LogP contribution in [0.15, 0.2) is 36.4 Å². The summed E-state index contributed by atoms with van der Waals surface area (Å²) >= 11 is 0. The van der Waals surface area contributed by atoms with Crippen molar-refractivity contribution in [2.45, 2.75) is 0 Å². The first kappa shape index (κ1) is 13.9. The number of nitrogens with two attached hydrogens (primary N) is 1. The lowest BCUT2D eigenvalue weighted by molar-refractivity contribution is 0.385. The van der Waals surface area contributed by atoms with Crippen molar-refractivity contribution in [1.82, 2.24) is 0 Å². The molecule has 0 atom stereocenters. The van der Waals surface area contributed by atoms with Crippen molar-refractivity contribution < 1.29 is 18.9 Å². The Hall–Kier alpha value is -2.56. The number of nitrogen functional groups attached to an aromatic ring is 1. The maximum Gasteiger partial charge on any atom is 0.153 e. The summed E-state index contributed by atoms with van der Waals surface area (Å²) in [5, 5.41) is 0. The lowest BCUT2D eigenvalue weighted by Gasteiger charge is -2.12. The normalized spacial score (nSPS) is 9.95. The summed E-state index contributed by atoms with van der Waals surface area (Å²) in [6.07, 6.45) is 0. The lowest BCUT2D eigenvalue weighted by Crippen LogP contribution is -1.94. The fraction of sp³-hybridized carbons (Fsp3) is 0.200. The fourth-order valence-corrected chi connectivity index (χ4v) is 1.70. The largest absolute Gasteiger partial charge is 0.497 e. The Morgan fingerprint density at radius 2 is 1.25 bits per heavy atom. The molecule has 0 spiro atoms. The van der Waals surface area contributed by atoms with E-state index in [4.69, 9.17) is 24.7 Å². The fourth-order valence-electron chi connectivity index (χ4n) is 1.70. The minimum absolute atomic E-state index is 0.514. The smallest absolute Gasteiger partial charge is 0.153 e. The molecule has 106 valence electrons. The molecule has 0 aliphatic rings. The molecular weight excluding hydrogens is 258 g/mol. The van der Waals surface area contributed by atoms with Crippen LogP contribution in [-0.4, -0.2) is 21.3 Å². The molecule has 0 radical (unpaired) electrons. The third-order valence-corrected chi connectivity index (χ3v) is 2.77. The summed E-state index contributed by atoms with van der Waals surface area (Å²) in [5.41, 5.74) is 6.41. The van der Waals surface area contributed by atoms with Crippen molar-refractivity contribution in [3.63, 3.8) is 0 Å². The van der Waals surface area contributed by atoms with Gasteiger partial charge < -0.3 is 24.7 Å². The summed E-state index contributed by atoms with van der Waals surface area (Å²) in [5.74, 6) is 3.03. The van der Waals surface area contributed by atoms with E-state index in [2.05, 4.69) is 0 Å². The van der Waals surface area contributed by atoms with Gasteiger partial charge in [0.2, 0.25) is 0 Å². The van der Waals surface area contributed by atoms with Crippen molar-refractivity contribution in [2.75, 3.05) is 27.1 Å². The number of rotatable bonds is 5. The Morgan fingerprint density at radius 3 is 1.80 bits per heavy atom. The van der Waals surface area contributed by atoms with Gasteiger partial charge in [-0.3, -0.25) is 0 Å². The second-order valence-electron chi connectivity index (χ2n) is 4.05. The van der Waals surface area contributed by atoms with Gasteiger partial charge in [0.05, 0.1) is 27.0 Å². The van der Waals surface area contributed by atoms with Gasteiger partial charge >= 0.3 is 0 Å². The van der Waals surface area contributed by atoms with Crippen LogP contribution in [0, 0.1) is 0 Å². The number of methoxy groups -OCH3 is 3. The van der Waals surface area contributed by atoms with Gasteiger partial charge in [-0.1, -0.05) is 0 Å². The van der Waals surface area contributed by atoms with E-state index in [1.807, 2.05) is 0 Å². The van der Waals surface area contributed by atoms with Crippen LogP contribution in [-0.2, 0) is 0 Å². The summed E-state index contributed by atoms with van der Waals surface area (Å²) in [6, 6.07) is 10.5. The maximum atomic E-state index is 5.89. The molecule has 2 aromatic rings. The molecular formula is C15H17NO4. The molecule has 0 aromatic heterocycles. The van der Waals surface area contributed by atoms with Crippen LogP contribution >= 0.6 is 0 Å². The van der Waals surface area contributed by atoms with E-state index in [1.165, 1.54) is 0 Å². The van der Waals surface area contributed by atoms with E-state index in [0.29, 0.717) is 34.4 Å². The van der Waals surface area contributed by atoms with Crippen LogP contribution in [0.1, 0.15) is 0 Å². The zero-order valence-electron chi connectivity index (χ0n) is 11.7. The van der Waals surface area contributed by atoms with Crippen LogP contribution in [0.5, 0.6) is 28.7 Å². The van der Waals surface area contributed by atoms with Crippen LogP contribution in [0.2, 0.25) is 0 Å². The predicted molar refractivity (Wildman–Crippen MR) is 77.0 cm³/mol. The average molecular weight is 275 g/mol. The summed E-state index contributed by atoms with van der Waals surface area (Å²) in [4.78, 5) is 0. The monoisotopic (exact) mass is 275 g/mol. The predicted octanol–water partition coefficient (Wildman–Crippen LogP) is 3.09. The number of ether oxygens (including phenoxy) is 4. The van der Waals surface area contributed by atoms with Gasteiger partial charge in [-0.15, -0.1) is 0 Å². The Labute approximate surface area is 117 Å². The third kappa shape index (κ3) is 3.06. The third-order valence-electron chi connectivity index (χ3n) is 2.77. The Balaban J connectivity index is 2.33. The minimum atomic E-state index is 0.514. The highest BCUT2D eigenvalue weighted by atomic mass is 16.5. The maximum absolute atomic E-state index is 5.89. The molecule has 20 heavy (non-hydrogen) atoms. The molecule has 0 unspecified atom stereocenters. The standard InChI is InChI=1S/C15H17NO4/c1-17-10-4-5-14(16)15(9-10)20-13-7-11(18-2)6-12(8-13)19-3/h4-9H,16H2,1-3H3. The average Bonchev–Trinajstić information content (AvgIpc) is 2.49. The highest BCUT2D eigenvalue weighted by molar-refractivity contribution is 5.57. The van der Waals surface area contributed by atoms with Crippen molar-refractivity contribution in [1.29, 1.82) is 0 Å². The van der Waals surface area contributed by atoms with E-state index in [0.717, 1.165) is 0 Å². The van der Waals surface area contributed by atoms with Gasteiger partial charge in [-0.05, 0) is 12.1 Å². The number of anilines is 1. The number of benzene rings is 2. The van der Waals surface area contributed by atoms with Crippen molar-refractivity contribution in [3.05, 3.63) is 36.4 Å². The first-order chi connectivity index (χ1) is 9.66. The molecule has 0 saturated heterocycles. The molecule has 0 aliphatic carbocycles. The SMILES string of the molecule is COc1cc(OC)cc(Oc2cc(OC)ccc2N)c1. The van der Waals surface area contributed by atoms with Crippen LogP contribution in [0.3, 0.4) is 0 Å². The molecule has 0 aliphatic heterocycles. The van der Waals surface area contributed by atoms with Crippen LogP contribution < -0.4 is 24.7 Å². The van der Waals surface area contributed by atoms with E-state index in [-0.39, 0.29) is 0 Å². The van der Waals surface area contributed by atoms with Gasteiger partial charge in [0.15, 0.2) is 5.75 Å². The molecule has 0 amide bonds. The summed E-state index contributed by atoms with van der Waals surface area (Å²) < 4.78 is 21.3. The van der Waals surface area contributed by atoms with E-state index in [9.17, 15) is 0 Å². The van der Waals surface area contributed by atoms with Crippen molar-refractivity contribution in [2.24, 2.45) is 0 Å². The molecule has 2 N–H and O–H groups in total. The minimum Gasteiger partial charge on any atom is -0.497 e. The second-order valence-corrected chi connectivity index (χ2v) is 4.05. The molecule has 0 heterocycles. The molecule has 0 saturated carbocycles. The molecule has 0 fully saturated rings. The zero-order valence-corrected chi connectivity index (χ0v) is 11.7. The second kappa shape index (κ2) is 6.06. The van der Waals surface area contributed by atoms with Crippen LogP contribution in [0.25, 0.3) is 0 Å². The topological polar surface area (TPSA) is 62.9 Å². The molecule has 2 aromatic carbocycles. The quantitative estimate of drug-likeness (QED) is 0.849. The molecule has 5 nitrogen and oxygen atoms in total. The highest BCUT2D eigenvalue weighted by Crippen LogP contribution is 2.34. The zero-order chi connectivity index (χ0) is 14.5. The van der Waals surface area contributed by atoms with Gasteiger partial charge in [-0.2, -0.15) is 0 Å². The molecule has 2 rings (SSSR count). The molecule has 0 bridgehead atoms. The van der Waals surface area contributed by atoms with Gasteiger partial charge in [0.1, 0.15) is 23.0 Å². The lowest BCUT2D eigenvalue weighted by atomic mass is 10.2. The summed E-state index contributed by atoms with van der Waals surface area (Å²) in [6.45, 7) is 0.